The number of hydrogen-bond donors (Lipinski definition) is 2. The van der Waals surface area contributed by atoms with E-state index in [9.17, 15) is 14.4 Å². The van der Waals surface area contributed by atoms with Crippen molar-refractivity contribution < 1.29 is 4.79 Å². The van der Waals surface area contributed by atoms with Crippen LogP contribution in [-0.2, 0) is 19.5 Å². The number of nitrogens with zero attached hydrogens (tertiary/aromatic N) is 2. The summed E-state index contributed by atoms with van der Waals surface area (Å²) in [5, 5.41) is 4.55. The third kappa shape index (κ3) is 2.78. The van der Waals surface area contributed by atoms with Gasteiger partial charge in [0.05, 0.1) is 5.51 Å². The molecule has 8 heteroatoms. The number of fused-ring (bicyclic) bond motifs is 1. The van der Waals surface area contributed by atoms with Crippen LogP contribution in [0.1, 0.15) is 27.2 Å². The SMILES string of the molecule is Nc1c(N2CCc3ccc(CNC(=O)c4cscn4)cc3C2)c(=O)c1=O. The van der Waals surface area contributed by atoms with Crippen LogP contribution in [0.4, 0.5) is 11.4 Å². The van der Waals surface area contributed by atoms with Crippen molar-refractivity contribution in [3.05, 3.63) is 71.9 Å². The molecule has 1 aliphatic heterocycles. The summed E-state index contributed by atoms with van der Waals surface area (Å²) in [5.41, 5.74) is 10.3. The summed E-state index contributed by atoms with van der Waals surface area (Å²) in [6.45, 7) is 1.58. The summed E-state index contributed by atoms with van der Waals surface area (Å²) < 4.78 is 0. The van der Waals surface area contributed by atoms with Crippen molar-refractivity contribution in [2.24, 2.45) is 0 Å². The third-order valence-corrected chi connectivity index (χ3v) is 5.22. The number of amides is 1. The van der Waals surface area contributed by atoms with Crippen LogP contribution in [0.25, 0.3) is 0 Å². The first-order chi connectivity index (χ1) is 12.5. The Balaban J connectivity index is 1.48. The number of nitrogen functional groups attached to an aromatic ring is 1. The maximum atomic E-state index is 12.0. The molecule has 1 aromatic heterocycles. The average Bonchev–Trinajstić information content (AvgIpc) is 3.20. The normalized spacial score (nSPS) is 13.6. The van der Waals surface area contributed by atoms with Crippen LogP contribution < -0.4 is 26.8 Å². The molecule has 7 nitrogen and oxygen atoms in total. The van der Waals surface area contributed by atoms with E-state index >= 15 is 0 Å². The number of nitrogens with two attached hydrogens (primary N) is 1. The van der Waals surface area contributed by atoms with Crippen LogP contribution in [0, 0.1) is 0 Å². The van der Waals surface area contributed by atoms with Crippen molar-refractivity contribution in [3.63, 3.8) is 0 Å². The van der Waals surface area contributed by atoms with Gasteiger partial charge in [0, 0.05) is 25.0 Å². The van der Waals surface area contributed by atoms with E-state index in [-0.39, 0.29) is 11.6 Å². The lowest BCUT2D eigenvalue weighted by Gasteiger charge is -2.32. The second kappa shape index (κ2) is 6.38. The van der Waals surface area contributed by atoms with Gasteiger partial charge in [0.15, 0.2) is 0 Å². The fourth-order valence-electron chi connectivity index (χ4n) is 3.22. The summed E-state index contributed by atoms with van der Waals surface area (Å²) >= 11 is 1.38. The Bertz CT molecular complexity index is 1050. The number of carbonyl (C=O) groups is 1. The molecule has 0 fully saturated rings. The van der Waals surface area contributed by atoms with Crippen LogP contribution in [0.15, 0.2) is 38.7 Å². The van der Waals surface area contributed by atoms with E-state index in [0.717, 1.165) is 17.5 Å². The van der Waals surface area contributed by atoms with Crippen LogP contribution >= 0.6 is 11.3 Å². The second-order valence-electron chi connectivity index (χ2n) is 6.25. The maximum Gasteiger partial charge on any atom is 0.271 e. The molecule has 1 aliphatic rings. The lowest BCUT2D eigenvalue weighted by molar-refractivity contribution is 0.0946. The topological polar surface area (TPSA) is 105 Å². The van der Waals surface area contributed by atoms with E-state index in [0.29, 0.717) is 31.0 Å². The highest BCUT2D eigenvalue weighted by molar-refractivity contribution is 7.07. The molecular weight excluding hydrogens is 352 g/mol. The van der Waals surface area contributed by atoms with E-state index in [2.05, 4.69) is 10.3 Å². The number of thiazole rings is 1. The molecule has 2 aromatic carbocycles. The summed E-state index contributed by atoms with van der Waals surface area (Å²) in [4.78, 5) is 41.0. The molecule has 2 heterocycles. The minimum atomic E-state index is -0.593. The van der Waals surface area contributed by atoms with Crippen molar-refractivity contribution >= 4 is 28.6 Å². The van der Waals surface area contributed by atoms with Gasteiger partial charge in [-0.3, -0.25) is 14.4 Å². The van der Waals surface area contributed by atoms with E-state index in [1.807, 2.05) is 23.1 Å². The first-order valence-corrected chi connectivity index (χ1v) is 9.09. The van der Waals surface area contributed by atoms with Crippen molar-refractivity contribution in [3.8, 4) is 0 Å². The molecule has 0 atom stereocenters. The largest absolute Gasteiger partial charge is 0.394 e. The van der Waals surface area contributed by atoms with Gasteiger partial charge < -0.3 is 16.0 Å². The average molecular weight is 368 g/mol. The summed E-state index contributed by atoms with van der Waals surface area (Å²) in [7, 11) is 0. The predicted molar refractivity (Wildman–Crippen MR) is 100 cm³/mol. The fourth-order valence-corrected chi connectivity index (χ4v) is 3.75. The Labute approximate surface area is 152 Å². The Morgan fingerprint density at radius 3 is 2.85 bits per heavy atom. The highest BCUT2D eigenvalue weighted by atomic mass is 32.1. The standard InChI is InChI=1S/C18H16N4O3S/c19-14-15(17(24)16(14)23)22-4-3-11-2-1-10(5-12(11)7-22)6-20-18(25)13-8-26-9-21-13/h1-2,5,8-9H,3-4,6-7,19H2,(H,20,25). The first-order valence-electron chi connectivity index (χ1n) is 8.15. The summed E-state index contributed by atoms with van der Waals surface area (Å²) in [5.74, 6) is -0.206. The lowest BCUT2D eigenvalue weighted by Crippen LogP contribution is -2.44. The number of anilines is 2. The summed E-state index contributed by atoms with van der Waals surface area (Å²) in [6.07, 6.45) is 0.777. The third-order valence-electron chi connectivity index (χ3n) is 4.64. The second-order valence-corrected chi connectivity index (χ2v) is 6.97. The molecule has 0 unspecified atom stereocenters. The monoisotopic (exact) mass is 368 g/mol. The summed E-state index contributed by atoms with van der Waals surface area (Å²) in [6, 6.07) is 6.05. The van der Waals surface area contributed by atoms with Gasteiger partial charge in [0.25, 0.3) is 16.8 Å². The van der Waals surface area contributed by atoms with Crippen molar-refractivity contribution in [2.45, 2.75) is 19.5 Å². The van der Waals surface area contributed by atoms with Gasteiger partial charge in [-0.25, -0.2) is 4.98 Å². The zero-order chi connectivity index (χ0) is 18.3. The van der Waals surface area contributed by atoms with Gasteiger partial charge in [0.1, 0.15) is 17.1 Å². The van der Waals surface area contributed by atoms with E-state index in [1.165, 1.54) is 16.9 Å². The number of rotatable bonds is 4. The Morgan fingerprint density at radius 2 is 2.12 bits per heavy atom. The predicted octanol–water partition coefficient (Wildman–Crippen LogP) is 0.814. The molecule has 132 valence electrons. The smallest absolute Gasteiger partial charge is 0.271 e. The number of benzene rings is 1. The number of carbonyl (C=O) groups excluding carboxylic acids is 1. The van der Waals surface area contributed by atoms with Crippen molar-refractivity contribution in [1.29, 1.82) is 0 Å². The van der Waals surface area contributed by atoms with Crippen LogP contribution in [0.2, 0.25) is 0 Å². The van der Waals surface area contributed by atoms with Gasteiger partial charge in [-0.05, 0) is 23.1 Å². The number of aromatic nitrogens is 1. The highest BCUT2D eigenvalue weighted by Gasteiger charge is 2.26. The Morgan fingerprint density at radius 1 is 1.27 bits per heavy atom. The molecule has 0 saturated carbocycles. The quantitative estimate of drug-likeness (QED) is 0.661. The highest BCUT2D eigenvalue weighted by Crippen LogP contribution is 2.26. The van der Waals surface area contributed by atoms with Crippen molar-refractivity contribution in [1.82, 2.24) is 10.3 Å². The number of hydrogen-bond acceptors (Lipinski definition) is 7. The molecule has 1 amide bonds. The van der Waals surface area contributed by atoms with E-state index in [1.54, 1.807) is 10.9 Å². The molecule has 0 bridgehead atoms. The minimum Gasteiger partial charge on any atom is -0.394 e. The first kappa shape index (κ1) is 16.5. The molecule has 3 N–H and O–H groups in total. The van der Waals surface area contributed by atoms with Crippen molar-refractivity contribution in [2.75, 3.05) is 17.2 Å². The van der Waals surface area contributed by atoms with Gasteiger partial charge in [-0.2, -0.15) is 0 Å². The molecular formula is C18H16N4O3S. The van der Waals surface area contributed by atoms with Crippen LogP contribution in [-0.4, -0.2) is 17.4 Å². The Kier molecular flexibility index (Phi) is 4.04. The van der Waals surface area contributed by atoms with Gasteiger partial charge >= 0.3 is 0 Å². The maximum absolute atomic E-state index is 12.0. The minimum absolute atomic E-state index is 0.0603. The molecule has 26 heavy (non-hydrogen) atoms. The zero-order valence-electron chi connectivity index (χ0n) is 13.8. The molecule has 3 aromatic rings. The van der Waals surface area contributed by atoms with Crippen LogP contribution in [0.5, 0.6) is 0 Å². The molecule has 0 spiro atoms. The van der Waals surface area contributed by atoms with Gasteiger partial charge in [-0.1, -0.05) is 18.2 Å². The molecule has 4 rings (SSSR count). The molecule has 0 aliphatic carbocycles. The van der Waals surface area contributed by atoms with Crippen LogP contribution in [0.3, 0.4) is 0 Å². The molecule has 0 radical (unpaired) electrons. The van der Waals surface area contributed by atoms with E-state index < -0.39 is 10.9 Å². The van der Waals surface area contributed by atoms with E-state index in [4.69, 9.17) is 5.73 Å². The number of nitrogens with one attached hydrogen (secondary N) is 1. The molecule has 0 saturated heterocycles. The lowest BCUT2D eigenvalue weighted by atomic mass is 9.96. The van der Waals surface area contributed by atoms with Gasteiger partial charge in [-0.15, -0.1) is 11.3 Å². The Hall–Kier alpha value is -3.00. The zero-order valence-corrected chi connectivity index (χ0v) is 14.6. The fraction of sp³-hybridized carbons (Fsp3) is 0.222. The van der Waals surface area contributed by atoms with Gasteiger partial charge in [0.2, 0.25) is 0 Å².